The molecule has 0 aromatic carbocycles. The van der Waals surface area contributed by atoms with Gasteiger partial charge in [0.2, 0.25) is 5.92 Å². The highest BCUT2D eigenvalue weighted by Gasteiger charge is 2.34. The summed E-state index contributed by atoms with van der Waals surface area (Å²) in [7, 11) is 0. The van der Waals surface area contributed by atoms with Gasteiger partial charge in [-0.25, -0.2) is 14.7 Å². The van der Waals surface area contributed by atoms with Gasteiger partial charge in [-0.2, -0.15) is 0 Å². The molecule has 0 radical (unpaired) electrons. The molecule has 0 amide bonds. The second kappa shape index (κ2) is 4.14. The minimum Gasteiger partial charge on any atom is -0.305 e. The average Bonchev–Trinajstić information content (AvgIpc) is 2.03. The van der Waals surface area contributed by atoms with E-state index in [2.05, 4.69) is 4.84 Å². The molecule has 12 heavy (non-hydrogen) atoms. The fourth-order valence-electron chi connectivity index (χ4n) is 1.62. The molecule has 0 saturated heterocycles. The van der Waals surface area contributed by atoms with Crippen LogP contribution in [0.2, 0.25) is 0 Å². The van der Waals surface area contributed by atoms with E-state index in [1.807, 2.05) is 0 Å². The van der Waals surface area contributed by atoms with Crippen molar-refractivity contribution in [3.63, 3.8) is 0 Å². The van der Waals surface area contributed by atoms with E-state index in [1.54, 1.807) is 0 Å². The molecule has 0 aliphatic heterocycles. The molecule has 0 spiro atoms. The van der Waals surface area contributed by atoms with E-state index >= 15 is 0 Å². The predicted octanol–water partition coefficient (Wildman–Crippen LogP) is 2.09. The molecular formula is C8H15F2NO. The average molecular weight is 179 g/mol. The monoisotopic (exact) mass is 179 g/mol. The van der Waals surface area contributed by atoms with Crippen molar-refractivity contribution in [1.29, 1.82) is 0 Å². The zero-order valence-corrected chi connectivity index (χ0v) is 7.06. The summed E-state index contributed by atoms with van der Waals surface area (Å²) >= 11 is 0. The van der Waals surface area contributed by atoms with Crippen LogP contribution in [0.5, 0.6) is 0 Å². The molecule has 72 valence electrons. The summed E-state index contributed by atoms with van der Waals surface area (Å²) < 4.78 is 25.3. The lowest BCUT2D eigenvalue weighted by Gasteiger charge is -2.27. The van der Waals surface area contributed by atoms with Crippen molar-refractivity contribution >= 4 is 0 Å². The summed E-state index contributed by atoms with van der Waals surface area (Å²) in [6.07, 6.45) is 2.09. The van der Waals surface area contributed by atoms with Gasteiger partial charge in [-0.3, -0.25) is 0 Å². The number of rotatable bonds is 3. The van der Waals surface area contributed by atoms with Gasteiger partial charge in [-0.15, -0.1) is 0 Å². The quantitative estimate of drug-likeness (QED) is 0.673. The molecule has 4 heteroatoms. The maximum absolute atomic E-state index is 12.6. The van der Waals surface area contributed by atoms with Crippen molar-refractivity contribution in [3.8, 4) is 0 Å². The molecule has 0 bridgehead atoms. The molecule has 0 atom stereocenters. The van der Waals surface area contributed by atoms with Crippen LogP contribution in [-0.4, -0.2) is 12.5 Å². The van der Waals surface area contributed by atoms with E-state index in [1.165, 1.54) is 0 Å². The van der Waals surface area contributed by atoms with E-state index in [0.717, 1.165) is 6.42 Å². The Labute approximate surface area is 71.0 Å². The first-order valence-corrected chi connectivity index (χ1v) is 4.33. The van der Waals surface area contributed by atoms with E-state index in [-0.39, 0.29) is 12.8 Å². The zero-order chi connectivity index (χ0) is 9.03. The number of alkyl halides is 2. The summed E-state index contributed by atoms with van der Waals surface area (Å²) in [6.45, 7) is 0.482. The van der Waals surface area contributed by atoms with Gasteiger partial charge in [0.05, 0.1) is 6.61 Å². The Morgan fingerprint density at radius 2 is 1.92 bits per heavy atom. The molecule has 0 aromatic heterocycles. The molecule has 1 aliphatic rings. The second-order valence-corrected chi connectivity index (χ2v) is 3.46. The van der Waals surface area contributed by atoms with Crippen LogP contribution in [0.3, 0.4) is 0 Å². The molecule has 0 heterocycles. The number of halogens is 2. The lowest BCUT2D eigenvalue weighted by molar-refractivity contribution is -0.0489. The molecular weight excluding hydrogens is 164 g/mol. The third kappa shape index (κ3) is 3.03. The Kier molecular flexibility index (Phi) is 3.40. The van der Waals surface area contributed by atoms with Crippen molar-refractivity contribution in [1.82, 2.24) is 0 Å². The topological polar surface area (TPSA) is 35.2 Å². The maximum atomic E-state index is 12.6. The van der Waals surface area contributed by atoms with E-state index < -0.39 is 5.92 Å². The number of hydrogen-bond acceptors (Lipinski definition) is 2. The first-order chi connectivity index (χ1) is 5.64. The highest BCUT2D eigenvalue weighted by atomic mass is 19.3. The van der Waals surface area contributed by atoms with Crippen molar-refractivity contribution in [3.05, 3.63) is 0 Å². The van der Waals surface area contributed by atoms with E-state index in [4.69, 9.17) is 5.90 Å². The van der Waals surface area contributed by atoms with Crippen molar-refractivity contribution in [2.45, 2.75) is 38.0 Å². The van der Waals surface area contributed by atoms with Gasteiger partial charge in [-0.05, 0) is 25.2 Å². The normalized spacial score (nSPS) is 24.2. The lowest BCUT2D eigenvalue weighted by atomic mass is 9.85. The van der Waals surface area contributed by atoms with E-state index in [9.17, 15) is 8.78 Å². The Bertz CT molecular complexity index is 131. The maximum Gasteiger partial charge on any atom is 0.248 e. The molecule has 2 nitrogen and oxygen atoms in total. The van der Waals surface area contributed by atoms with Crippen LogP contribution >= 0.6 is 0 Å². The van der Waals surface area contributed by atoms with Crippen molar-refractivity contribution < 1.29 is 13.6 Å². The van der Waals surface area contributed by atoms with E-state index in [0.29, 0.717) is 25.4 Å². The third-order valence-corrected chi connectivity index (χ3v) is 2.48. The van der Waals surface area contributed by atoms with Crippen LogP contribution in [-0.2, 0) is 4.84 Å². The molecule has 1 aliphatic carbocycles. The standard InChI is InChI=1S/C8H15F2NO/c9-8(10)4-1-7(2-5-8)3-6-12-11/h7H,1-6,11H2. The summed E-state index contributed by atoms with van der Waals surface area (Å²) in [6, 6.07) is 0. The van der Waals surface area contributed by atoms with Crippen molar-refractivity contribution in [2.24, 2.45) is 11.8 Å². The van der Waals surface area contributed by atoms with Crippen LogP contribution in [0.15, 0.2) is 0 Å². The Morgan fingerprint density at radius 3 is 2.42 bits per heavy atom. The third-order valence-electron chi connectivity index (χ3n) is 2.48. The largest absolute Gasteiger partial charge is 0.305 e. The van der Waals surface area contributed by atoms with Crippen LogP contribution in [0.4, 0.5) is 8.78 Å². The Balaban J connectivity index is 2.18. The number of hydrogen-bond donors (Lipinski definition) is 1. The lowest BCUT2D eigenvalue weighted by Crippen LogP contribution is -2.25. The molecule has 0 unspecified atom stereocenters. The minimum atomic E-state index is -2.42. The van der Waals surface area contributed by atoms with Crippen LogP contribution in [0.25, 0.3) is 0 Å². The molecule has 1 rings (SSSR count). The summed E-state index contributed by atoms with van der Waals surface area (Å²) in [4.78, 5) is 4.41. The molecule has 1 saturated carbocycles. The molecule has 0 aromatic rings. The second-order valence-electron chi connectivity index (χ2n) is 3.46. The van der Waals surface area contributed by atoms with Gasteiger partial charge in [0, 0.05) is 12.8 Å². The van der Waals surface area contributed by atoms with Crippen LogP contribution in [0, 0.1) is 5.92 Å². The van der Waals surface area contributed by atoms with Crippen molar-refractivity contribution in [2.75, 3.05) is 6.61 Å². The van der Waals surface area contributed by atoms with Crippen LogP contribution < -0.4 is 5.90 Å². The Morgan fingerprint density at radius 1 is 1.33 bits per heavy atom. The molecule has 2 N–H and O–H groups in total. The fourth-order valence-corrected chi connectivity index (χ4v) is 1.62. The zero-order valence-electron chi connectivity index (χ0n) is 7.06. The predicted molar refractivity (Wildman–Crippen MR) is 41.7 cm³/mol. The first-order valence-electron chi connectivity index (χ1n) is 4.33. The van der Waals surface area contributed by atoms with Gasteiger partial charge in [0.25, 0.3) is 0 Å². The highest BCUT2D eigenvalue weighted by Crippen LogP contribution is 2.37. The van der Waals surface area contributed by atoms with Gasteiger partial charge < -0.3 is 4.84 Å². The Hall–Kier alpha value is -0.220. The van der Waals surface area contributed by atoms with Gasteiger partial charge in [0.15, 0.2) is 0 Å². The first kappa shape index (κ1) is 9.86. The van der Waals surface area contributed by atoms with Gasteiger partial charge in [-0.1, -0.05) is 0 Å². The highest BCUT2D eigenvalue weighted by molar-refractivity contribution is 4.77. The smallest absolute Gasteiger partial charge is 0.248 e. The molecule has 1 fully saturated rings. The summed E-state index contributed by atoms with van der Waals surface area (Å²) in [5.41, 5.74) is 0. The SMILES string of the molecule is NOCCC1CCC(F)(F)CC1. The van der Waals surface area contributed by atoms with Crippen LogP contribution in [0.1, 0.15) is 32.1 Å². The summed E-state index contributed by atoms with van der Waals surface area (Å²) in [5.74, 6) is 2.82. The minimum absolute atomic E-state index is 0.0300. The number of nitrogens with two attached hydrogens (primary N) is 1. The van der Waals surface area contributed by atoms with Gasteiger partial charge in [0.1, 0.15) is 0 Å². The fraction of sp³-hybridized carbons (Fsp3) is 1.00. The summed E-state index contributed by atoms with van der Waals surface area (Å²) in [5, 5.41) is 0. The van der Waals surface area contributed by atoms with Gasteiger partial charge >= 0.3 is 0 Å².